The first kappa shape index (κ1) is 18.7. The van der Waals surface area contributed by atoms with Gasteiger partial charge in [-0.25, -0.2) is 18.1 Å². The van der Waals surface area contributed by atoms with Crippen LogP contribution < -0.4 is 4.72 Å². The number of nitrogens with one attached hydrogen (secondary N) is 1. The van der Waals surface area contributed by atoms with Crippen LogP contribution in [0.5, 0.6) is 0 Å². The van der Waals surface area contributed by atoms with E-state index >= 15 is 0 Å². The highest BCUT2D eigenvalue weighted by Crippen LogP contribution is 2.28. The van der Waals surface area contributed by atoms with Crippen LogP contribution in [0, 0.1) is 5.92 Å². The largest absolute Gasteiger partial charge is 0.263 e. The molecule has 8 heteroatoms. The molecule has 4 aromatic rings. The smallest absolute Gasteiger partial charge is 0.261 e. The zero-order chi connectivity index (χ0) is 19.9. The second-order valence-corrected chi connectivity index (χ2v) is 9.16. The molecule has 0 fully saturated rings. The maximum absolute atomic E-state index is 12.8. The van der Waals surface area contributed by atoms with Gasteiger partial charge in [-0.05, 0) is 42.3 Å². The second-order valence-electron chi connectivity index (χ2n) is 7.04. The average Bonchev–Trinajstić information content (AvgIpc) is 2.95. The van der Waals surface area contributed by atoms with Crippen molar-refractivity contribution in [1.29, 1.82) is 0 Å². The molecular formula is C20H19ClN4O2S. The van der Waals surface area contributed by atoms with Crippen molar-refractivity contribution in [3.63, 3.8) is 0 Å². The maximum atomic E-state index is 12.8. The van der Waals surface area contributed by atoms with Crippen LogP contribution in [0.25, 0.3) is 21.9 Å². The van der Waals surface area contributed by atoms with E-state index in [0.29, 0.717) is 28.5 Å². The Morgan fingerprint density at radius 2 is 1.82 bits per heavy atom. The van der Waals surface area contributed by atoms with E-state index in [1.165, 1.54) is 12.1 Å². The molecule has 0 aliphatic carbocycles. The van der Waals surface area contributed by atoms with Crippen molar-refractivity contribution in [2.75, 3.05) is 4.72 Å². The van der Waals surface area contributed by atoms with Gasteiger partial charge in [-0.2, -0.15) is 5.10 Å². The van der Waals surface area contributed by atoms with E-state index < -0.39 is 10.0 Å². The molecule has 0 amide bonds. The molecule has 2 aromatic heterocycles. The molecule has 0 atom stereocenters. The first-order valence-corrected chi connectivity index (χ1v) is 10.7. The molecule has 0 aliphatic rings. The van der Waals surface area contributed by atoms with E-state index in [4.69, 9.17) is 16.6 Å². The Labute approximate surface area is 168 Å². The van der Waals surface area contributed by atoms with Gasteiger partial charge in [0.05, 0.1) is 15.8 Å². The van der Waals surface area contributed by atoms with Gasteiger partial charge in [0, 0.05) is 17.0 Å². The normalized spacial score (nSPS) is 12.1. The topological polar surface area (TPSA) is 76.9 Å². The first-order valence-electron chi connectivity index (χ1n) is 8.88. The quantitative estimate of drug-likeness (QED) is 0.513. The molecule has 0 aliphatic heterocycles. The Balaban J connectivity index is 1.85. The highest BCUT2D eigenvalue weighted by atomic mass is 35.5. The number of hydrogen-bond acceptors (Lipinski definition) is 4. The van der Waals surface area contributed by atoms with E-state index in [1.807, 2.05) is 30.3 Å². The molecule has 0 bridgehead atoms. The third-order valence-corrected chi connectivity index (χ3v) is 5.92. The molecule has 2 aromatic carbocycles. The Morgan fingerprint density at radius 1 is 1.11 bits per heavy atom. The number of anilines is 1. The Kier molecular flexibility index (Phi) is 4.72. The van der Waals surface area contributed by atoms with E-state index in [1.54, 1.807) is 16.8 Å². The number of benzene rings is 2. The van der Waals surface area contributed by atoms with Gasteiger partial charge in [0.25, 0.3) is 10.0 Å². The van der Waals surface area contributed by atoms with Gasteiger partial charge in [-0.15, -0.1) is 0 Å². The summed E-state index contributed by atoms with van der Waals surface area (Å²) in [5, 5.41) is 6.58. The number of nitrogens with zero attached hydrogens (tertiary/aromatic N) is 3. The molecule has 28 heavy (non-hydrogen) atoms. The van der Waals surface area contributed by atoms with Gasteiger partial charge in [0.1, 0.15) is 0 Å². The highest BCUT2D eigenvalue weighted by Gasteiger charge is 2.20. The summed E-state index contributed by atoms with van der Waals surface area (Å²) < 4.78 is 30.0. The lowest BCUT2D eigenvalue weighted by Crippen LogP contribution is -2.14. The molecule has 0 saturated heterocycles. The number of para-hydroxylation sites is 1. The van der Waals surface area contributed by atoms with Crippen molar-refractivity contribution >= 4 is 49.4 Å². The zero-order valence-corrected chi connectivity index (χ0v) is 17.0. The minimum absolute atomic E-state index is 0.122. The van der Waals surface area contributed by atoms with Crippen LogP contribution in [-0.4, -0.2) is 23.2 Å². The minimum atomic E-state index is -3.80. The molecule has 0 spiro atoms. The summed E-state index contributed by atoms with van der Waals surface area (Å²) in [7, 11) is -3.80. The lowest BCUT2D eigenvalue weighted by atomic mass is 10.2. The molecule has 144 valence electrons. The fourth-order valence-corrected chi connectivity index (χ4v) is 4.19. The number of hydrogen-bond donors (Lipinski definition) is 1. The van der Waals surface area contributed by atoms with Crippen molar-refractivity contribution in [2.45, 2.75) is 25.3 Å². The van der Waals surface area contributed by atoms with Crippen LogP contribution in [0.1, 0.15) is 13.8 Å². The Morgan fingerprint density at radius 3 is 2.54 bits per heavy atom. The fourth-order valence-electron chi connectivity index (χ4n) is 3.05. The number of rotatable bonds is 5. The number of sulfonamides is 1. The predicted octanol–water partition coefficient (Wildman–Crippen LogP) is 4.69. The summed E-state index contributed by atoms with van der Waals surface area (Å²) in [5.74, 6) is 0.598. The third-order valence-electron chi connectivity index (χ3n) is 4.32. The van der Waals surface area contributed by atoms with Crippen molar-refractivity contribution in [3.05, 3.63) is 59.6 Å². The molecule has 0 unspecified atom stereocenters. The van der Waals surface area contributed by atoms with Crippen LogP contribution in [0.2, 0.25) is 5.02 Å². The molecule has 2 heterocycles. The summed E-state index contributed by atoms with van der Waals surface area (Å²) in [6.07, 6.45) is 0. The van der Waals surface area contributed by atoms with Crippen molar-refractivity contribution in [3.8, 4) is 0 Å². The maximum Gasteiger partial charge on any atom is 0.263 e. The monoisotopic (exact) mass is 414 g/mol. The number of halogens is 1. The van der Waals surface area contributed by atoms with Crippen LogP contribution in [0.15, 0.2) is 59.5 Å². The molecule has 6 nitrogen and oxygen atoms in total. The van der Waals surface area contributed by atoms with Crippen LogP contribution in [0.4, 0.5) is 5.82 Å². The van der Waals surface area contributed by atoms with Crippen molar-refractivity contribution in [1.82, 2.24) is 14.8 Å². The predicted molar refractivity (Wildman–Crippen MR) is 112 cm³/mol. The van der Waals surface area contributed by atoms with Gasteiger partial charge in [-0.3, -0.25) is 4.72 Å². The van der Waals surface area contributed by atoms with Crippen molar-refractivity contribution in [2.24, 2.45) is 5.92 Å². The molecule has 0 radical (unpaired) electrons. The molecule has 4 rings (SSSR count). The van der Waals surface area contributed by atoms with E-state index in [-0.39, 0.29) is 10.7 Å². The highest BCUT2D eigenvalue weighted by molar-refractivity contribution is 7.92. The lowest BCUT2D eigenvalue weighted by Gasteiger charge is -2.06. The Hall–Kier alpha value is -2.64. The standard InChI is InChI=1S/C20H19ClN4O2S/c1-13(2)12-25-20-17(11-14-5-3-4-6-18(14)22-20)19(23-25)24-28(26,27)16-9-7-15(21)8-10-16/h3-11,13H,12H2,1-2H3,(H,23,24). The summed E-state index contributed by atoms with van der Waals surface area (Å²) in [6.45, 7) is 4.78. The average molecular weight is 415 g/mol. The number of fused-ring (bicyclic) bond motifs is 2. The summed E-state index contributed by atoms with van der Waals surface area (Å²) in [6, 6.07) is 15.7. The van der Waals surface area contributed by atoms with E-state index in [2.05, 4.69) is 23.7 Å². The van der Waals surface area contributed by atoms with Crippen LogP contribution in [-0.2, 0) is 16.6 Å². The summed E-state index contributed by atoms with van der Waals surface area (Å²) in [5.41, 5.74) is 1.49. The van der Waals surface area contributed by atoms with Gasteiger partial charge in [-0.1, -0.05) is 43.6 Å². The van der Waals surface area contributed by atoms with E-state index in [0.717, 1.165) is 10.9 Å². The van der Waals surface area contributed by atoms with E-state index in [9.17, 15) is 8.42 Å². The fraction of sp³-hybridized carbons (Fsp3) is 0.200. The molecular weight excluding hydrogens is 396 g/mol. The Bertz CT molecular complexity index is 1260. The number of pyridine rings is 1. The molecule has 0 saturated carbocycles. The number of aromatic nitrogens is 3. The van der Waals surface area contributed by atoms with Crippen molar-refractivity contribution < 1.29 is 8.42 Å². The summed E-state index contributed by atoms with van der Waals surface area (Å²) in [4.78, 5) is 4.84. The first-order chi connectivity index (χ1) is 13.3. The van der Waals surface area contributed by atoms with Gasteiger partial charge >= 0.3 is 0 Å². The SMILES string of the molecule is CC(C)Cn1nc(NS(=O)(=O)c2ccc(Cl)cc2)c2cc3ccccc3nc21. The second kappa shape index (κ2) is 7.07. The third kappa shape index (κ3) is 3.55. The van der Waals surface area contributed by atoms with Crippen LogP contribution in [0.3, 0.4) is 0 Å². The lowest BCUT2D eigenvalue weighted by molar-refractivity contribution is 0.494. The molecule has 1 N–H and O–H groups in total. The van der Waals surface area contributed by atoms with Gasteiger partial charge in [0.2, 0.25) is 0 Å². The van der Waals surface area contributed by atoms with Crippen LogP contribution >= 0.6 is 11.6 Å². The summed E-state index contributed by atoms with van der Waals surface area (Å²) >= 11 is 5.87. The minimum Gasteiger partial charge on any atom is -0.261 e. The van der Waals surface area contributed by atoms with Gasteiger partial charge in [0.15, 0.2) is 11.5 Å². The van der Waals surface area contributed by atoms with Gasteiger partial charge < -0.3 is 0 Å². The zero-order valence-electron chi connectivity index (χ0n) is 15.4.